The Kier molecular flexibility index (Phi) is 7.88. The maximum atomic E-state index is 2.82. The zero-order valence-corrected chi connectivity index (χ0v) is 19.9. The summed E-state index contributed by atoms with van der Waals surface area (Å²) in [5.41, 5.74) is 2.78. The van der Waals surface area contributed by atoms with Crippen LogP contribution in [0.1, 0.15) is 49.9 Å². The van der Waals surface area contributed by atoms with Gasteiger partial charge in [0, 0.05) is 20.2 Å². The monoisotopic (exact) mass is 437 g/mol. The highest BCUT2D eigenvalue weighted by Crippen LogP contribution is 2.52. The Morgan fingerprint density at radius 2 is 0.812 bits per heavy atom. The van der Waals surface area contributed by atoms with E-state index in [2.05, 4.69) is 140 Å². The molecule has 4 rings (SSSR count). The first-order chi connectivity index (χ1) is 15.8. The minimum absolute atomic E-state index is 0.327. The molecule has 0 saturated carbocycles. The van der Waals surface area contributed by atoms with Crippen LogP contribution in [0.4, 0.5) is 0 Å². The molecule has 1 nitrogen and oxygen atoms in total. The highest BCUT2D eigenvalue weighted by atomic mass is 31.1. The van der Waals surface area contributed by atoms with Gasteiger partial charge in [-0.2, -0.15) is 0 Å². The second-order valence-electron chi connectivity index (χ2n) is 8.03. The molecule has 0 heterocycles. The van der Waals surface area contributed by atoms with Crippen LogP contribution < -0.4 is 10.6 Å². The van der Waals surface area contributed by atoms with Crippen molar-refractivity contribution in [3.63, 3.8) is 0 Å². The lowest BCUT2D eigenvalue weighted by Gasteiger charge is -2.44. The lowest BCUT2D eigenvalue weighted by molar-refractivity contribution is 0.258. The van der Waals surface area contributed by atoms with Gasteiger partial charge >= 0.3 is 0 Å². The summed E-state index contributed by atoms with van der Waals surface area (Å²) in [5, 5.41) is 2.80. The zero-order valence-electron chi connectivity index (χ0n) is 19.0. The highest BCUT2D eigenvalue weighted by molar-refractivity contribution is 7.70. The molecule has 162 valence electrons. The third-order valence-electron chi connectivity index (χ3n) is 6.01. The van der Waals surface area contributed by atoms with Gasteiger partial charge in [0.05, 0.1) is 0 Å². The molecule has 0 saturated heterocycles. The van der Waals surface area contributed by atoms with Crippen LogP contribution in [-0.4, -0.2) is 4.67 Å². The molecular weight excluding hydrogens is 405 g/mol. The van der Waals surface area contributed by atoms with E-state index in [0.717, 1.165) is 12.8 Å². The van der Waals surface area contributed by atoms with Gasteiger partial charge in [-0.25, -0.2) is 0 Å². The summed E-state index contributed by atoms with van der Waals surface area (Å²) in [4.78, 5) is 0. The van der Waals surface area contributed by atoms with Gasteiger partial charge in [0.2, 0.25) is 0 Å². The van der Waals surface area contributed by atoms with E-state index >= 15 is 0 Å². The van der Waals surface area contributed by atoms with Gasteiger partial charge in [0.15, 0.2) is 0 Å². The van der Waals surface area contributed by atoms with Gasteiger partial charge in [0.1, 0.15) is 0 Å². The summed E-state index contributed by atoms with van der Waals surface area (Å²) >= 11 is 0. The van der Waals surface area contributed by atoms with Crippen LogP contribution in [0.25, 0.3) is 0 Å². The van der Waals surface area contributed by atoms with E-state index in [1.165, 1.54) is 21.7 Å². The molecule has 0 radical (unpaired) electrons. The molecular formula is C30H32NP. The van der Waals surface area contributed by atoms with Gasteiger partial charge in [-0.15, -0.1) is 0 Å². The van der Waals surface area contributed by atoms with Crippen LogP contribution in [0.5, 0.6) is 0 Å². The number of rotatable bonds is 9. The maximum Gasteiger partial charge on any atom is 0.0394 e. The first-order valence-electron chi connectivity index (χ1n) is 11.6. The fourth-order valence-electron chi connectivity index (χ4n) is 4.55. The fourth-order valence-corrected chi connectivity index (χ4v) is 7.44. The third-order valence-corrected chi connectivity index (χ3v) is 8.61. The summed E-state index contributed by atoms with van der Waals surface area (Å²) in [5.74, 6) is 0. The largest absolute Gasteiger partial charge is 0.260 e. The van der Waals surface area contributed by atoms with Crippen molar-refractivity contribution in [1.82, 2.24) is 4.67 Å². The van der Waals surface area contributed by atoms with Crippen molar-refractivity contribution in [2.75, 3.05) is 0 Å². The SMILES string of the molecule is CC[C@@H](c1ccccc1)N([C@@H](CC)c1ccccc1)P(c1ccccc1)c1ccccc1. The first-order valence-corrected chi connectivity index (χ1v) is 12.9. The minimum Gasteiger partial charge on any atom is -0.260 e. The lowest BCUT2D eigenvalue weighted by Crippen LogP contribution is -2.35. The molecule has 2 heteroatoms. The molecule has 0 aliphatic heterocycles. The first kappa shape index (κ1) is 22.5. The molecule has 0 aliphatic rings. The van der Waals surface area contributed by atoms with Gasteiger partial charge in [-0.3, -0.25) is 4.67 Å². The van der Waals surface area contributed by atoms with Crippen molar-refractivity contribution in [2.45, 2.75) is 38.8 Å². The van der Waals surface area contributed by atoms with Gasteiger partial charge in [-0.05, 0) is 34.6 Å². The summed E-state index contributed by atoms with van der Waals surface area (Å²) < 4.78 is 2.82. The number of benzene rings is 4. The Morgan fingerprint density at radius 3 is 1.12 bits per heavy atom. The molecule has 2 atom stereocenters. The normalized spacial score (nSPS) is 13.2. The molecule has 4 aromatic rings. The van der Waals surface area contributed by atoms with Crippen LogP contribution in [0.2, 0.25) is 0 Å². The highest BCUT2D eigenvalue weighted by Gasteiger charge is 2.34. The van der Waals surface area contributed by atoms with Gasteiger partial charge in [-0.1, -0.05) is 135 Å². The average Bonchev–Trinajstić information content (AvgIpc) is 2.87. The van der Waals surface area contributed by atoms with E-state index < -0.39 is 8.07 Å². The quantitative estimate of drug-likeness (QED) is 0.243. The number of hydrogen-bond donors (Lipinski definition) is 0. The minimum atomic E-state index is -0.719. The van der Waals surface area contributed by atoms with Crippen LogP contribution >= 0.6 is 8.07 Å². The smallest absolute Gasteiger partial charge is 0.0394 e. The van der Waals surface area contributed by atoms with E-state index in [9.17, 15) is 0 Å². The van der Waals surface area contributed by atoms with Gasteiger partial charge < -0.3 is 0 Å². The van der Waals surface area contributed by atoms with E-state index in [-0.39, 0.29) is 0 Å². The van der Waals surface area contributed by atoms with E-state index in [1.807, 2.05) is 0 Å². The second kappa shape index (κ2) is 11.2. The molecule has 4 aromatic carbocycles. The molecule has 0 fully saturated rings. The average molecular weight is 438 g/mol. The van der Waals surface area contributed by atoms with Crippen LogP contribution in [-0.2, 0) is 0 Å². The standard InChI is InChI=1S/C30H32NP/c1-3-29(25-17-9-5-10-18-25)31(30(4-2)26-19-11-6-12-20-26)32(27-21-13-7-14-22-27)28-23-15-8-16-24-28/h5-24,29-30H,3-4H2,1-2H3/t29-,30-/m0/s1. The molecule has 0 amide bonds. The molecule has 0 aliphatic carbocycles. The molecule has 32 heavy (non-hydrogen) atoms. The Bertz CT molecular complexity index is 964. The van der Waals surface area contributed by atoms with E-state index in [4.69, 9.17) is 0 Å². The zero-order chi connectivity index (χ0) is 22.2. The summed E-state index contributed by atoms with van der Waals surface area (Å²) in [6.45, 7) is 4.65. The van der Waals surface area contributed by atoms with Crippen molar-refractivity contribution >= 4 is 18.7 Å². The Labute approximate surface area is 194 Å². The number of hydrogen-bond acceptors (Lipinski definition) is 1. The molecule has 0 unspecified atom stereocenters. The third kappa shape index (κ3) is 5.01. The van der Waals surface area contributed by atoms with Crippen molar-refractivity contribution in [3.05, 3.63) is 132 Å². The van der Waals surface area contributed by atoms with Crippen molar-refractivity contribution < 1.29 is 0 Å². The van der Waals surface area contributed by atoms with E-state index in [0.29, 0.717) is 12.1 Å². The van der Waals surface area contributed by atoms with Crippen molar-refractivity contribution in [1.29, 1.82) is 0 Å². The topological polar surface area (TPSA) is 3.24 Å². The Balaban J connectivity index is 1.93. The summed E-state index contributed by atoms with van der Waals surface area (Å²) in [7, 11) is -0.719. The van der Waals surface area contributed by atoms with Crippen molar-refractivity contribution in [2.24, 2.45) is 0 Å². The summed E-state index contributed by atoms with van der Waals surface area (Å²) in [6.07, 6.45) is 2.12. The van der Waals surface area contributed by atoms with Crippen molar-refractivity contribution in [3.8, 4) is 0 Å². The summed E-state index contributed by atoms with van der Waals surface area (Å²) in [6, 6.07) is 44.9. The second-order valence-corrected chi connectivity index (χ2v) is 10.2. The molecule has 0 N–H and O–H groups in total. The molecule has 0 spiro atoms. The van der Waals surface area contributed by atoms with Crippen LogP contribution in [0, 0.1) is 0 Å². The van der Waals surface area contributed by atoms with Crippen LogP contribution in [0.15, 0.2) is 121 Å². The fraction of sp³-hybridized carbons (Fsp3) is 0.200. The number of nitrogens with zero attached hydrogens (tertiary/aromatic N) is 1. The molecule has 0 aromatic heterocycles. The Hall–Kier alpha value is -2.73. The predicted molar refractivity (Wildman–Crippen MR) is 140 cm³/mol. The Morgan fingerprint density at radius 1 is 0.500 bits per heavy atom. The van der Waals surface area contributed by atoms with E-state index in [1.54, 1.807) is 0 Å². The maximum absolute atomic E-state index is 2.82. The van der Waals surface area contributed by atoms with Crippen LogP contribution in [0.3, 0.4) is 0 Å². The molecule has 0 bridgehead atoms. The lowest BCUT2D eigenvalue weighted by atomic mass is 9.99. The van der Waals surface area contributed by atoms with Gasteiger partial charge in [0.25, 0.3) is 0 Å². The predicted octanol–water partition coefficient (Wildman–Crippen LogP) is 7.64.